The quantitative estimate of drug-likeness (QED) is 0.859. The van der Waals surface area contributed by atoms with Crippen LogP contribution in [0.3, 0.4) is 0 Å². The monoisotopic (exact) mass is 338 g/mol. The van der Waals surface area contributed by atoms with Crippen LogP contribution in [-0.2, 0) is 10.2 Å². The van der Waals surface area contributed by atoms with Gasteiger partial charge in [0.15, 0.2) is 0 Å². The Balaban J connectivity index is 0.00000264. The third kappa shape index (κ3) is 5.82. The lowest BCUT2D eigenvalue weighted by Crippen LogP contribution is -2.41. The normalized spacial score (nSPS) is 16.0. The van der Waals surface area contributed by atoms with E-state index < -0.39 is 0 Å². The average Bonchev–Trinajstić information content (AvgIpc) is 2.54. The molecule has 3 nitrogen and oxygen atoms in total. The second-order valence-electron chi connectivity index (χ2n) is 7.14. The van der Waals surface area contributed by atoms with E-state index in [-0.39, 0.29) is 17.8 Å². The molecule has 0 bridgehead atoms. The molecule has 0 saturated carbocycles. The fraction of sp³-hybridized carbons (Fsp3) is 0.632. The van der Waals surface area contributed by atoms with Gasteiger partial charge in [0.05, 0.1) is 0 Å². The Morgan fingerprint density at radius 3 is 2.39 bits per heavy atom. The third-order valence-electron chi connectivity index (χ3n) is 4.92. The van der Waals surface area contributed by atoms with E-state index in [2.05, 4.69) is 48.3 Å². The Hall–Kier alpha value is -1.06. The zero-order chi connectivity index (χ0) is 16.0. The molecule has 0 atom stereocenters. The van der Waals surface area contributed by atoms with Crippen LogP contribution in [0.2, 0.25) is 0 Å². The smallest absolute Gasteiger partial charge is 0.223 e. The first-order valence-corrected chi connectivity index (χ1v) is 8.51. The highest BCUT2D eigenvalue weighted by Crippen LogP contribution is 2.29. The topological polar surface area (TPSA) is 32.3 Å². The third-order valence-corrected chi connectivity index (χ3v) is 4.92. The number of likely N-dealkylation sites (tertiary alicyclic amines) is 1. The predicted octanol–water partition coefficient (Wildman–Crippen LogP) is 3.62. The van der Waals surface area contributed by atoms with Crippen LogP contribution in [0.5, 0.6) is 0 Å². The minimum atomic E-state index is -0.0959. The number of carbonyl (C=O) groups excluding carboxylic acids is 1. The molecule has 2 rings (SSSR count). The van der Waals surface area contributed by atoms with Crippen molar-refractivity contribution in [1.29, 1.82) is 0 Å². The number of benzene rings is 1. The summed E-state index contributed by atoms with van der Waals surface area (Å²) in [6.45, 7) is 7.27. The highest BCUT2D eigenvalue weighted by Gasteiger charge is 2.29. The molecule has 1 amide bonds. The summed E-state index contributed by atoms with van der Waals surface area (Å²) in [4.78, 5) is 14.7. The van der Waals surface area contributed by atoms with Crippen molar-refractivity contribution in [3.8, 4) is 0 Å². The lowest BCUT2D eigenvalue weighted by atomic mass is 9.81. The summed E-state index contributed by atoms with van der Waals surface area (Å²) in [5, 5.41) is 3.22. The summed E-state index contributed by atoms with van der Waals surface area (Å²) in [5.74, 6) is 1.08. The average molecular weight is 339 g/mol. The van der Waals surface area contributed by atoms with Gasteiger partial charge in [-0.25, -0.2) is 0 Å². The number of hydrogen-bond acceptors (Lipinski definition) is 2. The molecule has 23 heavy (non-hydrogen) atoms. The molecule has 1 aromatic carbocycles. The van der Waals surface area contributed by atoms with Crippen molar-refractivity contribution >= 4 is 18.3 Å². The zero-order valence-corrected chi connectivity index (χ0v) is 15.5. The summed E-state index contributed by atoms with van der Waals surface area (Å²) < 4.78 is 0. The molecule has 130 valence electrons. The predicted molar refractivity (Wildman–Crippen MR) is 99.2 cm³/mol. The maximum Gasteiger partial charge on any atom is 0.223 e. The standard InChI is InChI=1S/C19H30N2O.ClH/c1-19(2,17-7-5-4-6-8-17)15-18(22)21-13-10-16(11-14-21)9-12-20-3;/h4-8,16,20H,9-15H2,1-3H3;1H. The molecule has 1 aliphatic rings. The Morgan fingerprint density at radius 2 is 1.83 bits per heavy atom. The highest BCUT2D eigenvalue weighted by molar-refractivity contribution is 5.85. The summed E-state index contributed by atoms with van der Waals surface area (Å²) in [7, 11) is 2.00. The second kappa shape index (κ2) is 9.29. The number of rotatable bonds is 6. The van der Waals surface area contributed by atoms with Crippen molar-refractivity contribution in [2.45, 2.75) is 44.9 Å². The first-order valence-electron chi connectivity index (χ1n) is 8.51. The number of nitrogens with one attached hydrogen (secondary N) is 1. The second-order valence-corrected chi connectivity index (χ2v) is 7.14. The van der Waals surface area contributed by atoms with Gasteiger partial charge in [0.2, 0.25) is 5.91 Å². The Labute approximate surface area is 147 Å². The van der Waals surface area contributed by atoms with Crippen LogP contribution in [0.1, 0.15) is 45.1 Å². The van der Waals surface area contributed by atoms with Crippen LogP contribution in [0.4, 0.5) is 0 Å². The molecule has 0 unspecified atom stereocenters. The molecule has 1 aliphatic heterocycles. The minimum Gasteiger partial charge on any atom is -0.343 e. The molecular weight excluding hydrogens is 308 g/mol. The fourth-order valence-electron chi connectivity index (χ4n) is 3.30. The van der Waals surface area contributed by atoms with Crippen LogP contribution in [0.25, 0.3) is 0 Å². The number of piperidine rings is 1. The van der Waals surface area contributed by atoms with Crippen molar-refractivity contribution in [3.63, 3.8) is 0 Å². The molecule has 0 aliphatic carbocycles. The first kappa shape index (κ1) is 20.0. The largest absolute Gasteiger partial charge is 0.343 e. The van der Waals surface area contributed by atoms with Gasteiger partial charge in [-0.05, 0) is 49.8 Å². The van der Waals surface area contributed by atoms with E-state index in [4.69, 9.17) is 0 Å². The summed E-state index contributed by atoms with van der Waals surface area (Å²) in [6, 6.07) is 10.4. The van der Waals surface area contributed by atoms with Crippen molar-refractivity contribution in [2.24, 2.45) is 5.92 Å². The number of halogens is 1. The molecular formula is C19H31ClN2O. The molecule has 0 aromatic heterocycles. The van der Waals surface area contributed by atoms with Crippen LogP contribution in [0, 0.1) is 5.92 Å². The number of nitrogens with zero attached hydrogens (tertiary/aromatic N) is 1. The van der Waals surface area contributed by atoms with E-state index in [1.807, 2.05) is 13.1 Å². The molecule has 0 spiro atoms. The summed E-state index contributed by atoms with van der Waals surface area (Å²) >= 11 is 0. The van der Waals surface area contributed by atoms with Gasteiger partial charge in [0.25, 0.3) is 0 Å². The van der Waals surface area contributed by atoms with Gasteiger partial charge >= 0.3 is 0 Å². The van der Waals surface area contributed by atoms with Gasteiger partial charge in [-0.3, -0.25) is 4.79 Å². The molecule has 0 radical (unpaired) electrons. The SMILES string of the molecule is CNCCC1CCN(C(=O)CC(C)(C)c2ccccc2)CC1.Cl. The number of hydrogen-bond donors (Lipinski definition) is 1. The lowest BCUT2D eigenvalue weighted by molar-refractivity contribution is -0.133. The van der Waals surface area contributed by atoms with E-state index in [1.54, 1.807) is 0 Å². The van der Waals surface area contributed by atoms with Crippen LogP contribution in [-0.4, -0.2) is 37.5 Å². The van der Waals surface area contributed by atoms with Crippen LogP contribution < -0.4 is 5.32 Å². The summed E-state index contributed by atoms with van der Waals surface area (Å²) in [5.41, 5.74) is 1.15. The number of amides is 1. The van der Waals surface area contributed by atoms with Gasteiger partial charge in [-0.1, -0.05) is 44.2 Å². The Morgan fingerprint density at radius 1 is 1.22 bits per heavy atom. The van der Waals surface area contributed by atoms with E-state index in [9.17, 15) is 4.79 Å². The molecule has 1 heterocycles. The molecule has 1 N–H and O–H groups in total. The Bertz CT molecular complexity index is 468. The van der Waals surface area contributed by atoms with Crippen molar-refractivity contribution < 1.29 is 4.79 Å². The van der Waals surface area contributed by atoms with Gasteiger partial charge < -0.3 is 10.2 Å². The van der Waals surface area contributed by atoms with Crippen LogP contribution >= 0.6 is 12.4 Å². The van der Waals surface area contributed by atoms with E-state index in [0.29, 0.717) is 12.3 Å². The van der Waals surface area contributed by atoms with E-state index in [1.165, 1.54) is 12.0 Å². The maximum atomic E-state index is 12.6. The van der Waals surface area contributed by atoms with Gasteiger partial charge in [-0.15, -0.1) is 12.4 Å². The summed E-state index contributed by atoms with van der Waals surface area (Å²) in [6.07, 6.45) is 4.13. The molecule has 4 heteroatoms. The van der Waals surface area contributed by atoms with E-state index >= 15 is 0 Å². The first-order chi connectivity index (χ1) is 10.5. The Kier molecular flexibility index (Phi) is 8.07. The highest BCUT2D eigenvalue weighted by atomic mass is 35.5. The fourth-order valence-corrected chi connectivity index (χ4v) is 3.30. The lowest BCUT2D eigenvalue weighted by Gasteiger charge is -2.34. The number of carbonyl (C=O) groups is 1. The maximum absolute atomic E-state index is 12.6. The van der Waals surface area contributed by atoms with E-state index in [0.717, 1.165) is 38.4 Å². The zero-order valence-electron chi connectivity index (χ0n) is 14.7. The van der Waals surface area contributed by atoms with Gasteiger partial charge in [0.1, 0.15) is 0 Å². The van der Waals surface area contributed by atoms with Crippen LogP contribution in [0.15, 0.2) is 30.3 Å². The minimum absolute atomic E-state index is 0. The van der Waals surface area contributed by atoms with Crippen molar-refractivity contribution in [1.82, 2.24) is 10.2 Å². The van der Waals surface area contributed by atoms with Gasteiger partial charge in [-0.2, -0.15) is 0 Å². The van der Waals surface area contributed by atoms with Gasteiger partial charge in [0, 0.05) is 19.5 Å². The van der Waals surface area contributed by atoms with Crippen molar-refractivity contribution in [2.75, 3.05) is 26.7 Å². The molecule has 1 saturated heterocycles. The van der Waals surface area contributed by atoms with Crippen molar-refractivity contribution in [3.05, 3.63) is 35.9 Å². The molecule has 1 fully saturated rings. The molecule has 1 aromatic rings.